The molecule has 0 heterocycles. The third-order valence-electron chi connectivity index (χ3n) is 13.9. The fraction of sp³-hybridized carbons (Fsp3) is 0.859. The lowest BCUT2D eigenvalue weighted by Gasteiger charge is -2.18. The van der Waals surface area contributed by atoms with E-state index >= 15 is 0 Å². The predicted octanol–water partition coefficient (Wildman–Crippen LogP) is 20.8. The maximum atomic E-state index is 12.9. The Morgan fingerprint density at radius 2 is 0.514 bits per heavy atom. The van der Waals surface area contributed by atoms with Gasteiger partial charge < -0.3 is 14.2 Å². The molecule has 0 N–H and O–H groups in total. The Balaban J connectivity index is 4.35. The van der Waals surface area contributed by atoms with Crippen LogP contribution in [0.1, 0.15) is 335 Å². The average Bonchev–Trinajstić information content (AvgIpc) is 3.36. The average molecular weight is 984 g/mol. The van der Waals surface area contributed by atoms with Gasteiger partial charge in [0.1, 0.15) is 13.2 Å². The van der Waals surface area contributed by atoms with E-state index in [-0.39, 0.29) is 31.1 Å². The summed E-state index contributed by atoms with van der Waals surface area (Å²) < 4.78 is 16.9. The molecule has 0 unspecified atom stereocenters. The Bertz CT molecular complexity index is 1170. The van der Waals surface area contributed by atoms with E-state index in [4.69, 9.17) is 14.2 Å². The highest BCUT2D eigenvalue weighted by atomic mass is 16.6. The summed E-state index contributed by atoms with van der Waals surface area (Å²) in [5.41, 5.74) is 0. The second-order valence-corrected chi connectivity index (χ2v) is 21.0. The van der Waals surface area contributed by atoms with Crippen molar-refractivity contribution < 1.29 is 28.6 Å². The Kier molecular flexibility index (Phi) is 57.2. The van der Waals surface area contributed by atoms with Gasteiger partial charge in [-0.1, -0.05) is 295 Å². The van der Waals surface area contributed by atoms with Gasteiger partial charge in [-0.2, -0.15) is 0 Å². The summed E-state index contributed by atoms with van der Waals surface area (Å²) in [5, 5.41) is 0. The molecule has 1 atom stereocenters. The van der Waals surface area contributed by atoms with Crippen LogP contribution in [0.4, 0.5) is 0 Å². The first-order valence-corrected chi connectivity index (χ1v) is 31.0. The zero-order valence-corrected chi connectivity index (χ0v) is 47.1. The summed E-state index contributed by atoms with van der Waals surface area (Å²) in [6.45, 7) is 6.64. The minimum atomic E-state index is -0.784. The van der Waals surface area contributed by atoms with E-state index in [0.29, 0.717) is 19.3 Å². The molecule has 70 heavy (non-hydrogen) atoms. The number of carbonyl (C=O) groups excluding carboxylic acids is 3. The third-order valence-corrected chi connectivity index (χ3v) is 13.9. The molecule has 6 heteroatoms. The lowest BCUT2D eigenvalue weighted by Crippen LogP contribution is -2.30. The van der Waals surface area contributed by atoms with Crippen LogP contribution in [0, 0.1) is 0 Å². The van der Waals surface area contributed by atoms with Gasteiger partial charge in [-0.3, -0.25) is 14.4 Å². The van der Waals surface area contributed by atoms with E-state index < -0.39 is 6.10 Å². The minimum absolute atomic E-state index is 0.0788. The topological polar surface area (TPSA) is 78.9 Å². The van der Waals surface area contributed by atoms with E-state index in [2.05, 4.69) is 57.2 Å². The zero-order chi connectivity index (χ0) is 50.7. The molecule has 0 aliphatic carbocycles. The SMILES string of the molecule is CCCCC/C=C\C/C=C\C/C=C\CCCCC(=O)OC[C@H](COC(=O)CCCCCCCCCCCCCCCCCCCCC)OC(=O)CCCCCCCCCCCCCCCCCCCC. The van der Waals surface area contributed by atoms with E-state index in [9.17, 15) is 14.4 Å². The minimum Gasteiger partial charge on any atom is -0.462 e. The van der Waals surface area contributed by atoms with Gasteiger partial charge in [0, 0.05) is 19.3 Å². The number of hydrogen-bond donors (Lipinski definition) is 0. The predicted molar refractivity (Wildman–Crippen MR) is 302 cm³/mol. The zero-order valence-electron chi connectivity index (χ0n) is 47.1. The second kappa shape index (κ2) is 59.2. The summed E-state index contributed by atoms with van der Waals surface area (Å²) in [5.74, 6) is -0.895. The molecule has 0 spiro atoms. The molecule has 6 nitrogen and oxygen atoms in total. The molecule has 0 fully saturated rings. The molecule has 0 amide bonds. The van der Waals surface area contributed by atoms with Crippen LogP contribution < -0.4 is 0 Å². The van der Waals surface area contributed by atoms with Crippen molar-refractivity contribution in [2.75, 3.05) is 13.2 Å². The summed E-state index contributed by atoms with van der Waals surface area (Å²) in [7, 11) is 0. The molecule has 0 aliphatic rings. The molecule has 410 valence electrons. The number of allylic oxidation sites excluding steroid dienone is 6. The fourth-order valence-corrected chi connectivity index (χ4v) is 9.22. The quantitative estimate of drug-likeness (QED) is 0.0261. The second-order valence-electron chi connectivity index (χ2n) is 21.0. The fourth-order valence-electron chi connectivity index (χ4n) is 9.22. The van der Waals surface area contributed by atoms with Gasteiger partial charge in [0.05, 0.1) is 0 Å². The van der Waals surface area contributed by atoms with E-state index in [1.165, 1.54) is 225 Å². The van der Waals surface area contributed by atoms with Crippen LogP contribution in [0.15, 0.2) is 36.5 Å². The largest absolute Gasteiger partial charge is 0.462 e. The van der Waals surface area contributed by atoms with E-state index in [1.54, 1.807) is 0 Å². The Labute approximate surface area is 435 Å². The van der Waals surface area contributed by atoms with Crippen molar-refractivity contribution in [2.24, 2.45) is 0 Å². The third kappa shape index (κ3) is 56.5. The Morgan fingerprint density at radius 1 is 0.286 bits per heavy atom. The van der Waals surface area contributed by atoms with Crippen molar-refractivity contribution in [1.82, 2.24) is 0 Å². The Hall–Kier alpha value is -2.37. The van der Waals surface area contributed by atoms with E-state index in [1.807, 2.05) is 0 Å². The molecule has 0 aromatic carbocycles. The monoisotopic (exact) mass is 983 g/mol. The van der Waals surface area contributed by atoms with Crippen LogP contribution in [0.5, 0.6) is 0 Å². The first-order valence-electron chi connectivity index (χ1n) is 31.0. The highest BCUT2D eigenvalue weighted by Crippen LogP contribution is 2.18. The molecule has 0 aliphatic heterocycles. The number of unbranched alkanes of at least 4 members (excludes halogenated alkanes) is 40. The summed E-state index contributed by atoms with van der Waals surface area (Å²) in [4.78, 5) is 38.2. The van der Waals surface area contributed by atoms with Crippen molar-refractivity contribution >= 4 is 17.9 Å². The first-order chi connectivity index (χ1) is 34.5. The van der Waals surface area contributed by atoms with Crippen LogP contribution in [0.25, 0.3) is 0 Å². The summed E-state index contributed by atoms with van der Waals surface area (Å²) >= 11 is 0. The number of esters is 3. The van der Waals surface area contributed by atoms with Crippen LogP contribution in [-0.4, -0.2) is 37.2 Å². The summed E-state index contributed by atoms with van der Waals surface area (Å²) in [6.07, 6.45) is 71.5. The van der Waals surface area contributed by atoms with Gasteiger partial charge in [0.2, 0.25) is 0 Å². The van der Waals surface area contributed by atoms with Crippen molar-refractivity contribution in [3.8, 4) is 0 Å². The van der Waals surface area contributed by atoms with Crippen molar-refractivity contribution in [3.63, 3.8) is 0 Å². The normalized spacial score (nSPS) is 12.2. The van der Waals surface area contributed by atoms with Gasteiger partial charge in [-0.15, -0.1) is 0 Å². The van der Waals surface area contributed by atoms with Crippen LogP contribution in [0.3, 0.4) is 0 Å². The highest BCUT2D eigenvalue weighted by molar-refractivity contribution is 5.71. The van der Waals surface area contributed by atoms with Crippen LogP contribution >= 0.6 is 0 Å². The maximum Gasteiger partial charge on any atom is 0.306 e. The molecule has 0 saturated heterocycles. The molecule has 0 aromatic heterocycles. The number of rotatable bonds is 57. The number of ether oxygens (including phenoxy) is 3. The molecular formula is C64H118O6. The number of carbonyl (C=O) groups is 3. The van der Waals surface area contributed by atoms with Gasteiger partial charge in [-0.05, 0) is 57.8 Å². The van der Waals surface area contributed by atoms with E-state index in [0.717, 1.165) is 70.6 Å². The lowest BCUT2D eigenvalue weighted by atomic mass is 10.0. The molecule has 0 saturated carbocycles. The smallest absolute Gasteiger partial charge is 0.306 e. The molecule has 0 rings (SSSR count). The highest BCUT2D eigenvalue weighted by Gasteiger charge is 2.19. The van der Waals surface area contributed by atoms with Crippen molar-refractivity contribution in [1.29, 1.82) is 0 Å². The van der Waals surface area contributed by atoms with Gasteiger partial charge in [0.25, 0.3) is 0 Å². The maximum absolute atomic E-state index is 12.9. The standard InChI is InChI=1S/C64H118O6/c1-4-7-10-13-16-19-22-25-28-30-32-34-36-39-42-45-48-51-54-57-63(66)69-60-61(59-68-62(65)56-53-50-47-44-41-38-35-27-24-21-18-15-12-9-6-3)70-64(67)58-55-52-49-46-43-40-37-33-31-29-26-23-20-17-14-11-8-5-2/h18,21,27,35,41,44,61H,4-17,19-20,22-26,28-34,36-40,42-43,45-60H2,1-3H3/b21-18-,35-27-,44-41-/t61-/m1/s1. The molecule has 0 aromatic rings. The summed E-state index contributed by atoms with van der Waals surface area (Å²) in [6, 6.07) is 0. The molecule has 0 radical (unpaired) electrons. The van der Waals surface area contributed by atoms with Crippen molar-refractivity contribution in [3.05, 3.63) is 36.5 Å². The molecular weight excluding hydrogens is 865 g/mol. The van der Waals surface area contributed by atoms with Crippen LogP contribution in [-0.2, 0) is 28.6 Å². The van der Waals surface area contributed by atoms with Crippen LogP contribution in [0.2, 0.25) is 0 Å². The van der Waals surface area contributed by atoms with Gasteiger partial charge in [0.15, 0.2) is 6.10 Å². The Morgan fingerprint density at radius 3 is 0.829 bits per heavy atom. The number of hydrogen-bond acceptors (Lipinski definition) is 6. The van der Waals surface area contributed by atoms with Gasteiger partial charge in [-0.25, -0.2) is 0 Å². The first kappa shape index (κ1) is 67.6. The van der Waals surface area contributed by atoms with Crippen molar-refractivity contribution in [2.45, 2.75) is 341 Å². The molecule has 0 bridgehead atoms. The lowest BCUT2D eigenvalue weighted by molar-refractivity contribution is -0.167. The van der Waals surface area contributed by atoms with Gasteiger partial charge >= 0.3 is 17.9 Å².